The van der Waals surface area contributed by atoms with Gasteiger partial charge < -0.3 is 9.42 Å². The number of hydrogen-bond donors (Lipinski definition) is 0. The van der Waals surface area contributed by atoms with E-state index in [9.17, 15) is 4.79 Å². The molecule has 132 valence electrons. The van der Waals surface area contributed by atoms with Gasteiger partial charge in [-0.3, -0.25) is 14.8 Å². The molecule has 0 N–H and O–H groups in total. The van der Waals surface area contributed by atoms with Gasteiger partial charge in [0.15, 0.2) is 0 Å². The van der Waals surface area contributed by atoms with Crippen LogP contribution in [0.25, 0.3) is 11.4 Å². The predicted molar refractivity (Wildman–Crippen MR) is 94.1 cm³/mol. The van der Waals surface area contributed by atoms with Gasteiger partial charge in [-0.15, -0.1) is 0 Å². The van der Waals surface area contributed by atoms with Crippen LogP contribution in [-0.2, 0) is 0 Å². The van der Waals surface area contributed by atoms with Gasteiger partial charge in [-0.05, 0) is 50.5 Å². The average Bonchev–Trinajstić information content (AvgIpc) is 3.19. The third-order valence-corrected chi connectivity index (χ3v) is 4.57. The van der Waals surface area contributed by atoms with Crippen LogP contribution in [0.5, 0.6) is 0 Å². The fourth-order valence-electron chi connectivity index (χ4n) is 3.17. The second-order valence-electron chi connectivity index (χ2n) is 6.40. The summed E-state index contributed by atoms with van der Waals surface area (Å²) in [6.45, 7) is 2.57. The first-order chi connectivity index (χ1) is 12.7. The van der Waals surface area contributed by atoms with E-state index >= 15 is 0 Å². The Kier molecular flexibility index (Phi) is 4.43. The molecule has 1 amide bonds. The molecule has 1 aliphatic heterocycles. The Labute approximate surface area is 151 Å². The number of amides is 1. The molecule has 4 heterocycles. The summed E-state index contributed by atoms with van der Waals surface area (Å²) in [5, 5.41) is 4.06. The number of pyridine rings is 2. The molecule has 7 nitrogen and oxygen atoms in total. The summed E-state index contributed by atoms with van der Waals surface area (Å²) < 4.78 is 5.50. The van der Waals surface area contributed by atoms with Crippen LogP contribution in [0.1, 0.15) is 47.2 Å². The average molecular weight is 349 g/mol. The minimum atomic E-state index is -0.213. The van der Waals surface area contributed by atoms with E-state index in [1.807, 2.05) is 36.1 Å². The van der Waals surface area contributed by atoms with Gasteiger partial charge in [0.1, 0.15) is 6.04 Å². The smallest absolute Gasteiger partial charge is 0.256 e. The molecular weight excluding hydrogens is 330 g/mol. The summed E-state index contributed by atoms with van der Waals surface area (Å²) >= 11 is 0. The summed E-state index contributed by atoms with van der Waals surface area (Å²) in [4.78, 5) is 27.6. The fourth-order valence-corrected chi connectivity index (χ4v) is 3.17. The molecule has 1 saturated heterocycles. The van der Waals surface area contributed by atoms with Crippen LogP contribution in [0.4, 0.5) is 0 Å². The van der Waals surface area contributed by atoms with E-state index in [0.717, 1.165) is 30.5 Å². The number of hydrogen-bond acceptors (Lipinski definition) is 6. The lowest BCUT2D eigenvalue weighted by Crippen LogP contribution is -2.38. The molecular formula is C19H19N5O2. The Morgan fingerprint density at radius 3 is 2.92 bits per heavy atom. The van der Waals surface area contributed by atoms with Crippen molar-refractivity contribution in [2.45, 2.75) is 32.2 Å². The molecule has 0 aliphatic carbocycles. The maximum atomic E-state index is 13.0. The minimum Gasteiger partial charge on any atom is -0.337 e. The van der Waals surface area contributed by atoms with Crippen LogP contribution >= 0.6 is 0 Å². The SMILES string of the molecule is Cc1ccc(C(=O)N2CCCCC2c2nc(-c3cccnc3)no2)cn1. The van der Waals surface area contributed by atoms with E-state index in [1.165, 1.54) is 0 Å². The topological polar surface area (TPSA) is 85.0 Å². The highest BCUT2D eigenvalue weighted by molar-refractivity contribution is 5.94. The molecule has 0 radical (unpaired) electrons. The Morgan fingerprint density at radius 2 is 2.15 bits per heavy atom. The van der Waals surface area contributed by atoms with Crippen molar-refractivity contribution in [2.24, 2.45) is 0 Å². The standard InChI is InChI=1S/C19H19N5O2/c1-13-7-8-15(12-21-13)19(25)24-10-3-2-6-16(24)18-22-17(23-26-18)14-5-4-9-20-11-14/h4-5,7-9,11-12,16H,2-3,6,10H2,1H3. The molecule has 0 aromatic carbocycles. The van der Waals surface area contributed by atoms with Gasteiger partial charge in [0.05, 0.1) is 5.56 Å². The summed E-state index contributed by atoms with van der Waals surface area (Å²) in [7, 11) is 0. The molecule has 0 saturated carbocycles. The second kappa shape index (κ2) is 7.03. The Morgan fingerprint density at radius 1 is 1.23 bits per heavy atom. The van der Waals surface area contributed by atoms with E-state index in [2.05, 4.69) is 20.1 Å². The number of carbonyl (C=O) groups is 1. The van der Waals surface area contributed by atoms with Gasteiger partial charge in [-0.2, -0.15) is 4.98 Å². The van der Waals surface area contributed by atoms with Crippen molar-refractivity contribution in [3.05, 3.63) is 60.0 Å². The molecule has 3 aromatic heterocycles. The van der Waals surface area contributed by atoms with E-state index < -0.39 is 0 Å². The predicted octanol–water partition coefficient (Wildman–Crippen LogP) is 3.20. The highest BCUT2D eigenvalue weighted by Crippen LogP contribution is 2.32. The van der Waals surface area contributed by atoms with E-state index in [4.69, 9.17) is 4.52 Å². The molecule has 0 spiro atoms. The lowest BCUT2D eigenvalue weighted by molar-refractivity contribution is 0.0561. The van der Waals surface area contributed by atoms with Gasteiger partial charge in [0.2, 0.25) is 11.7 Å². The van der Waals surface area contributed by atoms with Crippen molar-refractivity contribution in [2.75, 3.05) is 6.54 Å². The third kappa shape index (κ3) is 3.20. The summed E-state index contributed by atoms with van der Waals surface area (Å²) in [6, 6.07) is 7.15. The minimum absolute atomic E-state index is 0.0525. The highest BCUT2D eigenvalue weighted by Gasteiger charge is 2.32. The lowest BCUT2D eigenvalue weighted by Gasteiger charge is -2.33. The maximum absolute atomic E-state index is 13.0. The van der Waals surface area contributed by atoms with Crippen molar-refractivity contribution in [1.82, 2.24) is 25.0 Å². The zero-order valence-electron chi connectivity index (χ0n) is 14.5. The molecule has 7 heteroatoms. The van der Waals surface area contributed by atoms with Crippen LogP contribution in [0, 0.1) is 6.92 Å². The number of piperidine rings is 1. The zero-order valence-corrected chi connectivity index (χ0v) is 14.5. The van der Waals surface area contributed by atoms with Crippen LogP contribution in [0.15, 0.2) is 47.4 Å². The number of aryl methyl sites for hydroxylation is 1. The molecule has 1 fully saturated rings. The van der Waals surface area contributed by atoms with Crippen LogP contribution < -0.4 is 0 Å². The second-order valence-corrected chi connectivity index (χ2v) is 6.40. The molecule has 26 heavy (non-hydrogen) atoms. The van der Waals surface area contributed by atoms with Gasteiger partial charge in [-0.1, -0.05) is 5.16 Å². The fraction of sp³-hybridized carbons (Fsp3) is 0.316. The molecule has 1 atom stereocenters. The first-order valence-corrected chi connectivity index (χ1v) is 8.70. The van der Waals surface area contributed by atoms with Gasteiger partial charge in [-0.25, -0.2) is 0 Å². The monoisotopic (exact) mass is 349 g/mol. The highest BCUT2D eigenvalue weighted by atomic mass is 16.5. The third-order valence-electron chi connectivity index (χ3n) is 4.57. The maximum Gasteiger partial charge on any atom is 0.256 e. The van der Waals surface area contributed by atoms with E-state index in [-0.39, 0.29) is 11.9 Å². The molecule has 1 aliphatic rings. The lowest BCUT2D eigenvalue weighted by atomic mass is 10.0. The Hall–Kier alpha value is -3.09. The first kappa shape index (κ1) is 16.4. The number of rotatable bonds is 3. The summed E-state index contributed by atoms with van der Waals surface area (Å²) in [5.74, 6) is 0.906. The number of carbonyl (C=O) groups excluding carboxylic acids is 1. The van der Waals surface area contributed by atoms with E-state index in [0.29, 0.717) is 23.8 Å². The summed E-state index contributed by atoms with van der Waals surface area (Å²) in [6.07, 6.45) is 7.80. The van der Waals surface area contributed by atoms with Gasteiger partial charge >= 0.3 is 0 Å². The Bertz CT molecular complexity index is 892. The molecule has 4 rings (SSSR count). The van der Waals surface area contributed by atoms with Crippen LogP contribution in [0.3, 0.4) is 0 Å². The van der Waals surface area contributed by atoms with Crippen molar-refractivity contribution < 1.29 is 9.32 Å². The Balaban J connectivity index is 1.61. The molecule has 1 unspecified atom stereocenters. The van der Waals surface area contributed by atoms with E-state index in [1.54, 1.807) is 18.6 Å². The summed E-state index contributed by atoms with van der Waals surface area (Å²) in [5.41, 5.74) is 2.25. The van der Waals surface area contributed by atoms with Crippen molar-refractivity contribution in [3.63, 3.8) is 0 Å². The molecule has 0 bridgehead atoms. The first-order valence-electron chi connectivity index (χ1n) is 8.70. The van der Waals surface area contributed by atoms with Crippen LogP contribution in [0.2, 0.25) is 0 Å². The van der Waals surface area contributed by atoms with Gasteiger partial charge in [0, 0.05) is 36.4 Å². The van der Waals surface area contributed by atoms with Crippen molar-refractivity contribution in [1.29, 1.82) is 0 Å². The number of aromatic nitrogens is 4. The van der Waals surface area contributed by atoms with Gasteiger partial charge in [0.25, 0.3) is 5.91 Å². The van der Waals surface area contributed by atoms with Crippen LogP contribution in [-0.4, -0.2) is 37.5 Å². The number of likely N-dealkylation sites (tertiary alicyclic amines) is 1. The largest absolute Gasteiger partial charge is 0.337 e. The normalized spacial score (nSPS) is 17.3. The van der Waals surface area contributed by atoms with Crippen molar-refractivity contribution in [3.8, 4) is 11.4 Å². The molecule has 3 aromatic rings. The zero-order chi connectivity index (χ0) is 17.9. The van der Waals surface area contributed by atoms with Crippen molar-refractivity contribution >= 4 is 5.91 Å². The number of nitrogens with zero attached hydrogens (tertiary/aromatic N) is 5. The quantitative estimate of drug-likeness (QED) is 0.722.